The molecule has 55 heavy (non-hydrogen) atoms. The van der Waals surface area contributed by atoms with Crippen molar-refractivity contribution in [2.45, 2.75) is 0 Å². The molecule has 11 aromatic rings. The predicted molar refractivity (Wildman–Crippen MR) is 229 cm³/mol. The second kappa shape index (κ2) is 12.6. The van der Waals surface area contributed by atoms with E-state index in [1.54, 1.807) is 0 Å². The van der Waals surface area contributed by atoms with E-state index >= 15 is 0 Å². The highest BCUT2D eigenvalue weighted by Crippen LogP contribution is 2.42. The fraction of sp³-hybridized carbons (Fsp3) is 0. The predicted octanol–water partition coefficient (Wildman–Crippen LogP) is 15.1. The Balaban J connectivity index is 1.00. The van der Waals surface area contributed by atoms with Gasteiger partial charge in [-0.05, 0) is 111 Å². The van der Waals surface area contributed by atoms with Crippen molar-refractivity contribution in [1.29, 1.82) is 0 Å². The van der Waals surface area contributed by atoms with E-state index in [9.17, 15) is 0 Å². The van der Waals surface area contributed by atoms with Gasteiger partial charge in [0.25, 0.3) is 0 Å². The molecule has 3 heteroatoms. The molecule has 0 spiro atoms. The molecule has 0 saturated heterocycles. The maximum Gasteiger partial charge on any atom is 0.136 e. The highest BCUT2D eigenvalue weighted by atomic mass is 16.3. The number of furan rings is 2. The Morgan fingerprint density at radius 1 is 0.291 bits per heavy atom. The van der Waals surface area contributed by atoms with E-state index in [1.807, 2.05) is 24.3 Å². The number of nitrogens with zero attached hydrogens (tertiary/aromatic N) is 1. The van der Waals surface area contributed by atoms with Gasteiger partial charge in [-0.3, -0.25) is 0 Å². The molecule has 0 aliphatic heterocycles. The molecule has 0 saturated carbocycles. The smallest absolute Gasteiger partial charge is 0.136 e. The third kappa shape index (κ3) is 5.36. The fourth-order valence-electron chi connectivity index (χ4n) is 8.16. The molecule has 0 amide bonds. The summed E-state index contributed by atoms with van der Waals surface area (Å²) in [5, 5.41) is 6.95. The van der Waals surface area contributed by atoms with Gasteiger partial charge in [0, 0.05) is 38.6 Å². The van der Waals surface area contributed by atoms with Crippen LogP contribution < -0.4 is 4.90 Å². The van der Waals surface area contributed by atoms with Crippen molar-refractivity contribution < 1.29 is 8.83 Å². The van der Waals surface area contributed by atoms with E-state index in [-0.39, 0.29) is 0 Å². The van der Waals surface area contributed by atoms with E-state index < -0.39 is 0 Å². The van der Waals surface area contributed by atoms with E-state index in [4.69, 9.17) is 8.83 Å². The SMILES string of the molecule is c1cc(-c2cccc3oc4ccccc4c23)cc(N(c2ccc(-c3ccc(-c4ccc5ccccc5c4)cc3)cc2)c2ccc3oc4ccccc4c3c2)c1. The second-order valence-electron chi connectivity index (χ2n) is 14.1. The summed E-state index contributed by atoms with van der Waals surface area (Å²) in [4.78, 5) is 2.34. The van der Waals surface area contributed by atoms with Crippen molar-refractivity contribution in [1.82, 2.24) is 0 Å². The van der Waals surface area contributed by atoms with Gasteiger partial charge in [-0.1, -0.05) is 133 Å². The summed E-state index contributed by atoms with van der Waals surface area (Å²) in [5.74, 6) is 0. The van der Waals surface area contributed by atoms with Crippen LogP contribution in [-0.2, 0) is 0 Å². The molecule has 11 rings (SSSR count). The Morgan fingerprint density at radius 3 is 1.67 bits per heavy atom. The minimum atomic E-state index is 0.875. The molecule has 0 fully saturated rings. The van der Waals surface area contributed by atoms with Crippen molar-refractivity contribution in [2.24, 2.45) is 0 Å². The minimum absolute atomic E-state index is 0.875. The molecule has 0 atom stereocenters. The third-order valence-corrected chi connectivity index (χ3v) is 10.9. The van der Waals surface area contributed by atoms with Crippen LogP contribution in [0.2, 0.25) is 0 Å². The maximum absolute atomic E-state index is 6.27. The zero-order chi connectivity index (χ0) is 36.3. The molecule has 2 heterocycles. The standard InChI is InChI=1S/C52H33NO2/c1-2-10-38-31-39(24-23-34(38)9-1)37-21-19-35(20-22-37)36-25-27-41(28-26-36)53(43-29-30-50-47(33-43)45-13-3-5-16-48(45)54-50)42-12-7-11-40(32-42)44-15-8-18-51-52(44)46-14-4-6-17-49(46)55-51/h1-33H. The van der Waals surface area contributed by atoms with Gasteiger partial charge in [-0.25, -0.2) is 0 Å². The van der Waals surface area contributed by atoms with Gasteiger partial charge in [-0.2, -0.15) is 0 Å². The topological polar surface area (TPSA) is 29.5 Å². The first kappa shape index (κ1) is 31.2. The average Bonchev–Trinajstić information content (AvgIpc) is 3.82. The van der Waals surface area contributed by atoms with Gasteiger partial charge < -0.3 is 13.7 Å². The van der Waals surface area contributed by atoms with E-state index in [0.717, 1.165) is 77.6 Å². The van der Waals surface area contributed by atoms with Crippen molar-refractivity contribution in [3.05, 3.63) is 200 Å². The number of hydrogen-bond acceptors (Lipinski definition) is 3. The Bertz CT molecular complexity index is 3200. The molecule has 9 aromatic carbocycles. The fourth-order valence-corrected chi connectivity index (χ4v) is 8.16. The third-order valence-electron chi connectivity index (χ3n) is 10.9. The molecule has 2 aromatic heterocycles. The molecule has 258 valence electrons. The summed E-state index contributed by atoms with van der Waals surface area (Å²) in [6, 6.07) is 71.1. The maximum atomic E-state index is 6.27. The summed E-state index contributed by atoms with van der Waals surface area (Å²) < 4.78 is 12.5. The minimum Gasteiger partial charge on any atom is -0.456 e. The van der Waals surface area contributed by atoms with Crippen molar-refractivity contribution in [3.63, 3.8) is 0 Å². The monoisotopic (exact) mass is 703 g/mol. The van der Waals surface area contributed by atoms with Gasteiger partial charge in [0.1, 0.15) is 22.3 Å². The van der Waals surface area contributed by atoms with E-state index in [0.29, 0.717) is 0 Å². The van der Waals surface area contributed by atoms with Gasteiger partial charge in [0.05, 0.1) is 0 Å². The molecule has 0 radical (unpaired) electrons. The number of rotatable bonds is 6. The summed E-state index contributed by atoms with van der Waals surface area (Å²) in [6.45, 7) is 0. The number of hydrogen-bond donors (Lipinski definition) is 0. The first-order valence-corrected chi connectivity index (χ1v) is 18.7. The average molecular weight is 704 g/mol. The van der Waals surface area contributed by atoms with Crippen LogP contribution in [0, 0.1) is 0 Å². The van der Waals surface area contributed by atoms with Crippen LogP contribution in [0.15, 0.2) is 209 Å². The molecule has 0 N–H and O–H groups in total. The van der Waals surface area contributed by atoms with Crippen molar-refractivity contribution in [3.8, 4) is 33.4 Å². The molecule has 3 nitrogen and oxygen atoms in total. The quantitative estimate of drug-likeness (QED) is 0.173. The highest BCUT2D eigenvalue weighted by Gasteiger charge is 2.18. The van der Waals surface area contributed by atoms with Crippen LogP contribution in [-0.4, -0.2) is 0 Å². The van der Waals surface area contributed by atoms with Gasteiger partial charge >= 0.3 is 0 Å². The zero-order valence-corrected chi connectivity index (χ0v) is 29.8. The Labute approximate surface area is 317 Å². The first-order valence-electron chi connectivity index (χ1n) is 18.7. The second-order valence-corrected chi connectivity index (χ2v) is 14.1. The Hall–Kier alpha value is -7.36. The lowest BCUT2D eigenvalue weighted by atomic mass is 9.98. The van der Waals surface area contributed by atoms with Crippen molar-refractivity contribution in [2.75, 3.05) is 4.90 Å². The first-order chi connectivity index (χ1) is 27.2. The lowest BCUT2D eigenvalue weighted by molar-refractivity contribution is 0.668. The Kier molecular flexibility index (Phi) is 7.17. The summed E-state index contributed by atoms with van der Waals surface area (Å²) in [7, 11) is 0. The van der Waals surface area contributed by atoms with Gasteiger partial charge in [-0.15, -0.1) is 0 Å². The van der Waals surface area contributed by atoms with Crippen LogP contribution in [0.4, 0.5) is 17.1 Å². The molecule has 0 bridgehead atoms. The van der Waals surface area contributed by atoms with Crippen LogP contribution in [0.1, 0.15) is 0 Å². The molecular formula is C52H33NO2. The molecular weight excluding hydrogens is 671 g/mol. The summed E-state index contributed by atoms with van der Waals surface area (Å²) in [5.41, 5.74) is 13.8. The zero-order valence-electron chi connectivity index (χ0n) is 29.8. The molecule has 0 aliphatic rings. The lowest BCUT2D eigenvalue weighted by Crippen LogP contribution is -2.10. The van der Waals surface area contributed by atoms with Gasteiger partial charge in [0.2, 0.25) is 0 Å². The highest BCUT2D eigenvalue weighted by molar-refractivity contribution is 6.12. The number of fused-ring (bicyclic) bond motifs is 7. The number of para-hydroxylation sites is 2. The largest absolute Gasteiger partial charge is 0.456 e. The van der Waals surface area contributed by atoms with Crippen LogP contribution in [0.5, 0.6) is 0 Å². The number of benzene rings is 9. The lowest BCUT2D eigenvalue weighted by Gasteiger charge is -2.26. The van der Waals surface area contributed by atoms with Crippen LogP contribution >= 0.6 is 0 Å². The number of anilines is 3. The van der Waals surface area contributed by atoms with Crippen molar-refractivity contribution >= 4 is 71.7 Å². The van der Waals surface area contributed by atoms with E-state index in [2.05, 4.69) is 181 Å². The van der Waals surface area contributed by atoms with Gasteiger partial charge in [0.15, 0.2) is 0 Å². The molecule has 0 unspecified atom stereocenters. The van der Waals surface area contributed by atoms with Crippen LogP contribution in [0.3, 0.4) is 0 Å². The summed E-state index contributed by atoms with van der Waals surface area (Å²) >= 11 is 0. The Morgan fingerprint density at radius 2 is 0.855 bits per heavy atom. The molecule has 0 aliphatic carbocycles. The van der Waals surface area contributed by atoms with E-state index in [1.165, 1.54) is 27.5 Å². The summed E-state index contributed by atoms with van der Waals surface area (Å²) in [6.07, 6.45) is 0. The van der Waals surface area contributed by atoms with Crippen LogP contribution in [0.25, 0.3) is 88.0 Å². The normalized spacial score (nSPS) is 11.6.